The van der Waals surface area contributed by atoms with E-state index in [2.05, 4.69) is 5.32 Å². The standard InChI is InChI=1S/C13H25NO4/c1-14-11-7-12(13(11)17-6-5-15-2)18-9-10-3-4-16-8-10/h10-14H,3-9H2,1-2H3. The van der Waals surface area contributed by atoms with Gasteiger partial charge in [0.15, 0.2) is 0 Å². The van der Waals surface area contributed by atoms with Gasteiger partial charge in [-0.25, -0.2) is 0 Å². The van der Waals surface area contributed by atoms with Crippen LogP contribution in [0.4, 0.5) is 0 Å². The van der Waals surface area contributed by atoms with Crippen LogP contribution in [0.15, 0.2) is 0 Å². The smallest absolute Gasteiger partial charge is 0.0991 e. The van der Waals surface area contributed by atoms with Crippen molar-refractivity contribution in [3.63, 3.8) is 0 Å². The van der Waals surface area contributed by atoms with Crippen molar-refractivity contribution in [3.05, 3.63) is 0 Å². The summed E-state index contributed by atoms with van der Waals surface area (Å²) >= 11 is 0. The Morgan fingerprint density at radius 3 is 2.83 bits per heavy atom. The molecule has 0 bridgehead atoms. The first kappa shape index (κ1) is 14.2. The lowest BCUT2D eigenvalue weighted by molar-refractivity contribution is -0.155. The molecule has 5 heteroatoms. The highest BCUT2D eigenvalue weighted by Crippen LogP contribution is 2.28. The Morgan fingerprint density at radius 1 is 1.28 bits per heavy atom. The van der Waals surface area contributed by atoms with Crippen LogP contribution in [0, 0.1) is 5.92 Å². The lowest BCUT2D eigenvalue weighted by Crippen LogP contribution is -2.59. The third-order valence-corrected chi connectivity index (χ3v) is 3.79. The van der Waals surface area contributed by atoms with Crippen LogP contribution < -0.4 is 5.32 Å². The topological polar surface area (TPSA) is 49.0 Å². The fraction of sp³-hybridized carbons (Fsp3) is 1.00. The molecule has 2 fully saturated rings. The Kier molecular flexibility index (Phi) is 5.85. The normalized spacial score (nSPS) is 35.7. The van der Waals surface area contributed by atoms with Crippen molar-refractivity contribution in [2.75, 3.05) is 47.2 Å². The molecule has 0 aromatic rings. The minimum Gasteiger partial charge on any atom is -0.382 e. The molecule has 5 nitrogen and oxygen atoms in total. The highest BCUT2D eigenvalue weighted by Gasteiger charge is 2.42. The van der Waals surface area contributed by atoms with Crippen molar-refractivity contribution in [1.29, 1.82) is 0 Å². The second-order valence-electron chi connectivity index (χ2n) is 5.06. The molecule has 0 aromatic heterocycles. The van der Waals surface area contributed by atoms with Gasteiger partial charge in [0.2, 0.25) is 0 Å². The average Bonchev–Trinajstić information content (AvgIpc) is 2.86. The highest BCUT2D eigenvalue weighted by atomic mass is 16.6. The molecule has 0 radical (unpaired) electrons. The molecule has 1 N–H and O–H groups in total. The van der Waals surface area contributed by atoms with Gasteiger partial charge in [-0.3, -0.25) is 0 Å². The summed E-state index contributed by atoms with van der Waals surface area (Å²) in [5.41, 5.74) is 0. The van der Waals surface area contributed by atoms with Crippen molar-refractivity contribution in [2.45, 2.75) is 31.1 Å². The van der Waals surface area contributed by atoms with Crippen LogP contribution in [0.3, 0.4) is 0 Å². The predicted molar refractivity (Wildman–Crippen MR) is 67.7 cm³/mol. The van der Waals surface area contributed by atoms with Gasteiger partial charge in [-0.05, 0) is 19.9 Å². The first-order chi connectivity index (χ1) is 8.85. The molecule has 1 aliphatic heterocycles. The molecule has 4 unspecified atom stereocenters. The monoisotopic (exact) mass is 259 g/mol. The number of ether oxygens (including phenoxy) is 4. The third kappa shape index (κ3) is 3.65. The van der Waals surface area contributed by atoms with Crippen LogP contribution in [-0.2, 0) is 18.9 Å². The van der Waals surface area contributed by atoms with Gasteiger partial charge in [-0.1, -0.05) is 0 Å². The molecule has 0 amide bonds. The van der Waals surface area contributed by atoms with Crippen molar-refractivity contribution < 1.29 is 18.9 Å². The van der Waals surface area contributed by atoms with E-state index in [1.165, 1.54) is 0 Å². The maximum absolute atomic E-state index is 5.95. The number of nitrogens with one attached hydrogen (secondary N) is 1. The molecule has 1 saturated heterocycles. The lowest BCUT2D eigenvalue weighted by atomic mass is 9.85. The second-order valence-corrected chi connectivity index (χ2v) is 5.06. The summed E-state index contributed by atoms with van der Waals surface area (Å²) in [5.74, 6) is 0.568. The Balaban J connectivity index is 1.66. The van der Waals surface area contributed by atoms with Gasteiger partial charge in [0, 0.05) is 25.7 Å². The van der Waals surface area contributed by atoms with E-state index in [4.69, 9.17) is 18.9 Å². The molecule has 18 heavy (non-hydrogen) atoms. The summed E-state index contributed by atoms with van der Waals surface area (Å²) in [7, 11) is 3.66. The van der Waals surface area contributed by atoms with Crippen LogP contribution >= 0.6 is 0 Å². The fourth-order valence-corrected chi connectivity index (χ4v) is 2.49. The van der Waals surface area contributed by atoms with E-state index in [9.17, 15) is 0 Å². The molecule has 0 spiro atoms. The van der Waals surface area contributed by atoms with Gasteiger partial charge >= 0.3 is 0 Å². The van der Waals surface area contributed by atoms with E-state index in [0.29, 0.717) is 25.2 Å². The molecular formula is C13H25NO4. The van der Waals surface area contributed by atoms with Crippen LogP contribution in [0.2, 0.25) is 0 Å². The zero-order valence-electron chi connectivity index (χ0n) is 11.4. The zero-order valence-corrected chi connectivity index (χ0v) is 11.4. The van der Waals surface area contributed by atoms with Crippen LogP contribution in [0.1, 0.15) is 12.8 Å². The molecule has 4 atom stereocenters. The number of hydrogen-bond donors (Lipinski definition) is 1. The number of methoxy groups -OCH3 is 1. The first-order valence-corrected chi connectivity index (χ1v) is 6.82. The summed E-state index contributed by atoms with van der Waals surface area (Å²) < 4.78 is 22.1. The van der Waals surface area contributed by atoms with Crippen molar-refractivity contribution >= 4 is 0 Å². The molecule has 1 saturated carbocycles. The van der Waals surface area contributed by atoms with E-state index < -0.39 is 0 Å². The van der Waals surface area contributed by atoms with Crippen LogP contribution in [0.25, 0.3) is 0 Å². The van der Waals surface area contributed by atoms with Gasteiger partial charge in [-0.2, -0.15) is 0 Å². The molecule has 106 valence electrons. The Bertz CT molecular complexity index is 233. The summed E-state index contributed by atoms with van der Waals surface area (Å²) in [5, 5.41) is 3.27. The lowest BCUT2D eigenvalue weighted by Gasteiger charge is -2.44. The van der Waals surface area contributed by atoms with Gasteiger partial charge in [-0.15, -0.1) is 0 Å². The maximum atomic E-state index is 5.95. The van der Waals surface area contributed by atoms with Gasteiger partial charge < -0.3 is 24.3 Å². The number of rotatable bonds is 8. The largest absolute Gasteiger partial charge is 0.382 e. The molecule has 2 aliphatic rings. The highest BCUT2D eigenvalue weighted by molar-refractivity contribution is 4.96. The summed E-state index contributed by atoms with van der Waals surface area (Å²) in [4.78, 5) is 0. The van der Waals surface area contributed by atoms with Crippen molar-refractivity contribution in [3.8, 4) is 0 Å². The molecular weight excluding hydrogens is 234 g/mol. The van der Waals surface area contributed by atoms with E-state index in [-0.39, 0.29) is 12.2 Å². The van der Waals surface area contributed by atoms with E-state index in [1.807, 2.05) is 7.05 Å². The van der Waals surface area contributed by atoms with E-state index >= 15 is 0 Å². The van der Waals surface area contributed by atoms with Gasteiger partial charge in [0.25, 0.3) is 0 Å². The maximum Gasteiger partial charge on any atom is 0.0991 e. The van der Waals surface area contributed by atoms with Crippen molar-refractivity contribution in [1.82, 2.24) is 5.32 Å². The predicted octanol–water partition coefficient (Wildman–Crippen LogP) is 0.431. The van der Waals surface area contributed by atoms with Crippen LogP contribution in [-0.4, -0.2) is 65.4 Å². The molecule has 0 aromatic carbocycles. The van der Waals surface area contributed by atoms with Crippen molar-refractivity contribution in [2.24, 2.45) is 5.92 Å². The Labute approximate surface area is 109 Å². The minimum absolute atomic E-state index is 0.160. The average molecular weight is 259 g/mol. The SMILES string of the molecule is CNC1CC(OCC2CCOC2)C1OCCOC. The number of hydrogen-bond acceptors (Lipinski definition) is 5. The first-order valence-electron chi connectivity index (χ1n) is 6.82. The summed E-state index contributed by atoms with van der Waals surface area (Å²) in [6.45, 7) is 3.79. The van der Waals surface area contributed by atoms with Gasteiger partial charge in [0.05, 0.1) is 38.6 Å². The summed E-state index contributed by atoms with van der Waals surface area (Å²) in [6.07, 6.45) is 2.53. The quantitative estimate of drug-likeness (QED) is 0.641. The second kappa shape index (κ2) is 7.40. The third-order valence-electron chi connectivity index (χ3n) is 3.79. The zero-order chi connectivity index (χ0) is 12.8. The molecule has 1 aliphatic carbocycles. The molecule has 2 rings (SSSR count). The summed E-state index contributed by atoms with van der Waals surface area (Å²) in [6, 6.07) is 0.409. The molecule has 1 heterocycles. The van der Waals surface area contributed by atoms with E-state index in [0.717, 1.165) is 32.7 Å². The van der Waals surface area contributed by atoms with Crippen LogP contribution in [0.5, 0.6) is 0 Å². The van der Waals surface area contributed by atoms with Gasteiger partial charge in [0.1, 0.15) is 0 Å². The Morgan fingerprint density at radius 2 is 2.17 bits per heavy atom. The van der Waals surface area contributed by atoms with E-state index in [1.54, 1.807) is 7.11 Å². The number of likely N-dealkylation sites (N-methyl/N-ethyl adjacent to an activating group) is 1. The minimum atomic E-state index is 0.160. The Hall–Kier alpha value is -0.200. The fourth-order valence-electron chi connectivity index (χ4n) is 2.49.